The highest BCUT2D eigenvalue weighted by Gasteiger charge is 2.24. The van der Waals surface area contributed by atoms with E-state index in [1.165, 1.54) is 0 Å². The first kappa shape index (κ1) is 7.33. The molecular weight excluding hydrogens is 119 g/mol. The second kappa shape index (κ2) is 2.59. The first-order chi connectivity index (χ1) is 3.56. The third-order valence-corrected chi connectivity index (χ3v) is 0.485. The Bertz CT molecular complexity index is 83.8. The first-order valence-corrected chi connectivity index (χ1v) is 2.00. The predicted octanol–water partition coefficient (Wildman–Crippen LogP) is 1.41. The quantitative estimate of drug-likeness (QED) is 0.563. The molecule has 0 amide bonds. The van der Waals surface area contributed by atoms with Crippen LogP contribution in [0.2, 0.25) is 0 Å². The van der Waals surface area contributed by atoms with Crippen LogP contribution in [0.3, 0.4) is 0 Å². The van der Waals surface area contributed by atoms with E-state index < -0.39 is 12.6 Å². The Morgan fingerprint density at radius 3 is 2.00 bits per heavy atom. The maximum absolute atomic E-state index is 11.1. The molecule has 0 aromatic rings. The monoisotopic (exact) mass is 125 g/mol. The average Bonchev–Trinajstić information content (AvgIpc) is 1.59. The summed E-state index contributed by atoms with van der Waals surface area (Å²) in [6.45, 7) is 0. The highest BCUT2D eigenvalue weighted by atomic mass is 19.4. The van der Waals surface area contributed by atoms with Gasteiger partial charge in [0, 0.05) is 0 Å². The van der Waals surface area contributed by atoms with Crippen molar-refractivity contribution in [1.82, 2.24) is 0 Å². The summed E-state index contributed by atoms with van der Waals surface area (Å²) < 4.78 is 33.4. The zero-order valence-electron chi connectivity index (χ0n) is 4.07. The number of hydrogen-bond acceptors (Lipinski definition) is 1. The predicted molar refractivity (Wildman–Crippen MR) is 24.0 cm³/mol. The normalized spacial score (nSPS) is 12.9. The van der Waals surface area contributed by atoms with Crippen LogP contribution in [0.5, 0.6) is 0 Å². The first-order valence-electron chi connectivity index (χ1n) is 2.00. The van der Waals surface area contributed by atoms with Crippen molar-refractivity contribution in [2.24, 2.45) is 5.73 Å². The van der Waals surface area contributed by atoms with Crippen LogP contribution in [0.15, 0.2) is 12.3 Å². The van der Waals surface area contributed by atoms with Crippen LogP contribution in [0.1, 0.15) is 6.42 Å². The summed E-state index contributed by atoms with van der Waals surface area (Å²) in [5, 5.41) is 0. The van der Waals surface area contributed by atoms with Gasteiger partial charge in [0.25, 0.3) is 0 Å². The van der Waals surface area contributed by atoms with Crippen molar-refractivity contribution in [1.29, 1.82) is 0 Å². The number of allylic oxidation sites excluding steroid dienone is 1. The maximum atomic E-state index is 11.1. The molecule has 0 atom stereocenters. The minimum Gasteiger partial charge on any atom is -0.405 e. The molecule has 48 valence electrons. The van der Waals surface area contributed by atoms with E-state index in [1.807, 2.05) is 0 Å². The molecule has 0 aromatic carbocycles. The fraction of sp³-hybridized carbons (Fsp3) is 0.500. The number of halogens is 3. The number of rotatable bonds is 1. The fourth-order valence-electron chi connectivity index (χ4n) is 0.202. The van der Waals surface area contributed by atoms with E-state index in [0.717, 1.165) is 12.3 Å². The minimum absolute atomic E-state index is 0.861. The van der Waals surface area contributed by atoms with Gasteiger partial charge in [0.2, 0.25) is 0 Å². The molecule has 0 rings (SSSR count). The van der Waals surface area contributed by atoms with Crippen LogP contribution in [-0.4, -0.2) is 6.18 Å². The lowest BCUT2D eigenvalue weighted by Crippen LogP contribution is -2.04. The molecule has 0 aliphatic heterocycles. The van der Waals surface area contributed by atoms with Gasteiger partial charge in [-0.15, -0.1) is 0 Å². The van der Waals surface area contributed by atoms with Gasteiger partial charge < -0.3 is 5.73 Å². The molecule has 0 fully saturated rings. The van der Waals surface area contributed by atoms with E-state index in [1.54, 1.807) is 0 Å². The second-order valence-corrected chi connectivity index (χ2v) is 1.25. The van der Waals surface area contributed by atoms with Crippen molar-refractivity contribution in [2.75, 3.05) is 0 Å². The lowest BCUT2D eigenvalue weighted by atomic mass is 10.4. The Hall–Kier alpha value is -0.670. The molecule has 4 heteroatoms. The van der Waals surface area contributed by atoms with Crippen molar-refractivity contribution < 1.29 is 13.2 Å². The molecule has 1 nitrogen and oxygen atoms in total. The van der Waals surface area contributed by atoms with Crippen LogP contribution in [-0.2, 0) is 0 Å². The van der Waals surface area contributed by atoms with Crippen LogP contribution in [0.4, 0.5) is 13.2 Å². The van der Waals surface area contributed by atoms with Crippen molar-refractivity contribution in [2.45, 2.75) is 12.6 Å². The Labute approximate surface area is 45.0 Å². The van der Waals surface area contributed by atoms with Gasteiger partial charge in [0.15, 0.2) is 0 Å². The Kier molecular flexibility index (Phi) is 2.37. The molecule has 0 aliphatic carbocycles. The van der Waals surface area contributed by atoms with Crippen molar-refractivity contribution in [3.8, 4) is 0 Å². The van der Waals surface area contributed by atoms with Gasteiger partial charge in [0.1, 0.15) is 0 Å². The van der Waals surface area contributed by atoms with Crippen LogP contribution >= 0.6 is 0 Å². The van der Waals surface area contributed by atoms with E-state index in [0.29, 0.717) is 0 Å². The summed E-state index contributed by atoms with van der Waals surface area (Å²) in [6.07, 6.45) is -3.31. The molecule has 0 heterocycles. The second-order valence-electron chi connectivity index (χ2n) is 1.25. The summed E-state index contributed by atoms with van der Waals surface area (Å²) in [6, 6.07) is 0. The highest BCUT2D eigenvalue weighted by Crippen LogP contribution is 2.18. The van der Waals surface area contributed by atoms with E-state index in [-0.39, 0.29) is 0 Å². The lowest BCUT2D eigenvalue weighted by molar-refractivity contribution is -0.125. The molecule has 0 unspecified atom stereocenters. The standard InChI is InChI=1S/C4H6F3N/c5-4(6,7)2-1-3-8/h1,3H,2,8H2/b3-1-. The molecule has 0 bridgehead atoms. The largest absolute Gasteiger partial charge is 0.405 e. The Morgan fingerprint density at radius 2 is 1.88 bits per heavy atom. The minimum atomic E-state index is -4.12. The van der Waals surface area contributed by atoms with Gasteiger partial charge in [-0.05, 0) is 6.20 Å². The van der Waals surface area contributed by atoms with E-state index in [2.05, 4.69) is 5.73 Å². The summed E-state index contributed by atoms with van der Waals surface area (Å²) in [7, 11) is 0. The number of nitrogens with two attached hydrogens (primary N) is 1. The Balaban J connectivity index is 3.39. The summed E-state index contributed by atoms with van der Waals surface area (Å²) >= 11 is 0. The zero-order valence-corrected chi connectivity index (χ0v) is 4.07. The molecule has 2 N–H and O–H groups in total. The fourth-order valence-corrected chi connectivity index (χ4v) is 0.202. The molecule has 0 spiro atoms. The van der Waals surface area contributed by atoms with Gasteiger partial charge in [-0.1, -0.05) is 6.08 Å². The van der Waals surface area contributed by atoms with Gasteiger partial charge in [-0.3, -0.25) is 0 Å². The Morgan fingerprint density at radius 1 is 1.38 bits per heavy atom. The average molecular weight is 125 g/mol. The molecule has 0 radical (unpaired) electrons. The van der Waals surface area contributed by atoms with Gasteiger partial charge in [-0.2, -0.15) is 13.2 Å². The maximum Gasteiger partial charge on any atom is 0.392 e. The van der Waals surface area contributed by atoms with Crippen LogP contribution in [0.25, 0.3) is 0 Å². The van der Waals surface area contributed by atoms with Gasteiger partial charge in [0.05, 0.1) is 6.42 Å². The molecule has 0 saturated carbocycles. The van der Waals surface area contributed by atoms with Crippen LogP contribution < -0.4 is 5.73 Å². The number of alkyl halides is 3. The lowest BCUT2D eigenvalue weighted by Gasteiger charge is -1.98. The van der Waals surface area contributed by atoms with Crippen molar-refractivity contribution in [3.05, 3.63) is 12.3 Å². The van der Waals surface area contributed by atoms with Crippen molar-refractivity contribution >= 4 is 0 Å². The number of hydrogen-bond donors (Lipinski definition) is 1. The van der Waals surface area contributed by atoms with E-state index >= 15 is 0 Å². The third kappa shape index (κ3) is 5.33. The molecule has 8 heavy (non-hydrogen) atoms. The smallest absolute Gasteiger partial charge is 0.392 e. The molecule has 0 saturated heterocycles. The van der Waals surface area contributed by atoms with E-state index in [9.17, 15) is 13.2 Å². The topological polar surface area (TPSA) is 26.0 Å². The van der Waals surface area contributed by atoms with Gasteiger partial charge in [-0.25, -0.2) is 0 Å². The highest BCUT2D eigenvalue weighted by molar-refractivity contribution is 4.78. The van der Waals surface area contributed by atoms with Crippen LogP contribution in [0, 0.1) is 0 Å². The SMILES string of the molecule is N/C=C\CC(F)(F)F. The molecular formula is C4H6F3N. The van der Waals surface area contributed by atoms with Gasteiger partial charge >= 0.3 is 6.18 Å². The summed E-state index contributed by atoms with van der Waals surface area (Å²) in [5.41, 5.74) is 4.66. The summed E-state index contributed by atoms with van der Waals surface area (Å²) in [5.74, 6) is 0. The summed E-state index contributed by atoms with van der Waals surface area (Å²) in [4.78, 5) is 0. The van der Waals surface area contributed by atoms with E-state index in [4.69, 9.17) is 0 Å². The third-order valence-electron chi connectivity index (χ3n) is 0.485. The van der Waals surface area contributed by atoms with Crippen molar-refractivity contribution in [3.63, 3.8) is 0 Å². The molecule has 0 aromatic heterocycles. The molecule has 0 aliphatic rings. The zero-order chi connectivity index (χ0) is 6.62.